The van der Waals surface area contributed by atoms with E-state index >= 15 is 0 Å². The lowest BCUT2D eigenvalue weighted by atomic mass is 10.2. The predicted molar refractivity (Wildman–Crippen MR) is 77.3 cm³/mol. The largest absolute Gasteiger partial charge is 0.465 e. The molecule has 136 valence electrons. The lowest BCUT2D eigenvalue weighted by Gasteiger charge is -2.02. The highest BCUT2D eigenvalue weighted by molar-refractivity contribution is 9.10. The van der Waals surface area contributed by atoms with E-state index in [1.165, 1.54) is 0 Å². The molecular formula is C14H9BrF6N2O2. The Morgan fingerprint density at radius 3 is 1.88 bits per heavy atom. The zero-order valence-corrected chi connectivity index (χ0v) is 13.9. The van der Waals surface area contributed by atoms with Gasteiger partial charge in [-0.1, -0.05) is 0 Å². The number of methoxy groups -OCH3 is 1. The van der Waals surface area contributed by atoms with Crippen molar-refractivity contribution in [3.8, 4) is 0 Å². The van der Waals surface area contributed by atoms with Gasteiger partial charge in [0.2, 0.25) is 0 Å². The van der Waals surface area contributed by atoms with Crippen LogP contribution in [0.15, 0.2) is 29.0 Å². The van der Waals surface area contributed by atoms with Crippen molar-refractivity contribution < 1.29 is 35.9 Å². The van der Waals surface area contributed by atoms with Crippen molar-refractivity contribution in [2.75, 3.05) is 7.11 Å². The summed E-state index contributed by atoms with van der Waals surface area (Å²) in [5, 5.41) is 0. The molecule has 0 spiro atoms. The number of carbonyl (C=O) groups excluding carboxylic acids is 1. The first-order chi connectivity index (χ1) is 11.7. The van der Waals surface area contributed by atoms with E-state index in [9.17, 15) is 31.1 Å². The molecule has 0 atom stereocenters. The van der Waals surface area contributed by atoms with Gasteiger partial charge in [0.1, 0.15) is 11.4 Å². The Balaban J connectivity index is 0.000000257. The zero-order chi connectivity index (χ0) is 19.1. The van der Waals surface area contributed by atoms with Crippen molar-refractivity contribution in [3.05, 3.63) is 57.6 Å². The third kappa shape index (κ3) is 6.00. The van der Waals surface area contributed by atoms with Crippen molar-refractivity contribution in [1.29, 1.82) is 0 Å². The SMILES string of the molecule is COC(=O)c1cnc(C(F)F)c(F)c1.Fc1cc(Br)cnc1C(F)F. The van der Waals surface area contributed by atoms with Gasteiger partial charge >= 0.3 is 5.97 Å². The first-order valence-electron chi connectivity index (χ1n) is 6.28. The highest BCUT2D eigenvalue weighted by Gasteiger charge is 2.17. The molecule has 0 bridgehead atoms. The lowest BCUT2D eigenvalue weighted by Crippen LogP contribution is -2.05. The number of nitrogens with zero attached hydrogens (tertiary/aromatic N) is 2. The van der Waals surface area contributed by atoms with Crippen LogP contribution in [0, 0.1) is 11.6 Å². The van der Waals surface area contributed by atoms with Crippen LogP contribution in [0.1, 0.15) is 34.6 Å². The molecule has 0 aliphatic rings. The molecule has 11 heteroatoms. The van der Waals surface area contributed by atoms with E-state index in [1.54, 1.807) is 0 Å². The second-order valence-electron chi connectivity index (χ2n) is 4.20. The van der Waals surface area contributed by atoms with Crippen molar-refractivity contribution in [2.45, 2.75) is 12.9 Å². The molecular weight excluding hydrogens is 422 g/mol. The second-order valence-corrected chi connectivity index (χ2v) is 5.12. The molecule has 0 aliphatic heterocycles. The van der Waals surface area contributed by atoms with Crippen molar-refractivity contribution in [2.24, 2.45) is 0 Å². The van der Waals surface area contributed by atoms with Crippen molar-refractivity contribution >= 4 is 21.9 Å². The standard InChI is InChI=1S/C8H6F3NO2.C6H3BrF3N/c1-14-8(13)4-2-5(9)6(7(10)11)12-3-4;7-3-1-4(8)5(6(9)10)11-2-3/h2-3,7H,1H3;1-2,6H. The van der Waals surface area contributed by atoms with E-state index in [-0.39, 0.29) is 5.56 Å². The molecule has 25 heavy (non-hydrogen) atoms. The summed E-state index contributed by atoms with van der Waals surface area (Å²) < 4.78 is 77.7. The van der Waals surface area contributed by atoms with Crippen LogP contribution in [0.3, 0.4) is 0 Å². The van der Waals surface area contributed by atoms with Crippen LogP contribution in [0.25, 0.3) is 0 Å². The second kappa shape index (κ2) is 9.35. The summed E-state index contributed by atoms with van der Waals surface area (Å²) in [4.78, 5) is 17.2. The van der Waals surface area contributed by atoms with Gasteiger partial charge in [0.25, 0.3) is 12.9 Å². The fraction of sp³-hybridized carbons (Fsp3) is 0.214. The molecule has 0 radical (unpaired) electrons. The lowest BCUT2D eigenvalue weighted by molar-refractivity contribution is 0.0598. The van der Waals surface area contributed by atoms with E-state index in [2.05, 4.69) is 30.6 Å². The van der Waals surface area contributed by atoms with Crippen LogP contribution in [-0.4, -0.2) is 23.0 Å². The normalized spacial score (nSPS) is 10.5. The average molecular weight is 431 g/mol. The Morgan fingerprint density at radius 2 is 1.48 bits per heavy atom. The Hall–Kier alpha value is -2.17. The van der Waals surface area contributed by atoms with E-state index in [1.807, 2.05) is 0 Å². The molecule has 2 aromatic rings. The third-order valence-corrected chi connectivity index (χ3v) is 2.97. The van der Waals surface area contributed by atoms with Gasteiger partial charge in [-0.15, -0.1) is 0 Å². The van der Waals surface area contributed by atoms with Gasteiger partial charge < -0.3 is 4.74 Å². The number of halogens is 7. The van der Waals surface area contributed by atoms with E-state index in [0.717, 1.165) is 25.6 Å². The van der Waals surface area contributed by atoms with Gasteiger partial charge in [-0.05, 0) is 28.1 Å². The summed E-state index contributed by atoms with van der Waals surface area (Å²) in [5.74, 6) is -3.03. The van der Waals surface area contributed by atoms with Gasteiger partial charge in [0.05, 0.1) is 12.7 Å². The van der Waals surface area contributed by atoms with E-state index < -0.39 is 41.8 Å². The Morgan fingerprint density at radius 1 is 1.00 bits per heavy atom. The van der Waals surface area contributed by atoms with Crippen LogP contribution >= 0.6 is 15.9 Å². The van der Waals surface area contributed by atoms with Crippen molar-refractivity contribution in [1.82, 2.24) is 9.97 Å². The Kier molecular flexibility index (Phi) is 7.81. The third-order valence-electron chi connectivity index (χ3n) is 2.54. The molecule has 0 unspecified atom stereocenters. The zero-order valence-electron chi connectivity index (χ0n) is 12.3. The number of hydrogen-bond donors (Lipinski definition) is 0. The fourth-order valence-electron chi connectivity index (χ4n) is 1.42. The fourth-order valence-corrected chi connectivity index (χ4v) is 1.73. The van der Waals surface area contributed by atoms with E-state index in [4.69, 9.17) is 0 Å². The van der Waals surface area contributed by atoms with Gasteiger partial charge in [-0.3, -0.25) is 9.97 Å². The molecule has 2 rings (SSSR count). The quantitative estimate of drug-likeness (QED) is 0.515. The highest BCUT2D eigenvalue weighted by Crippen LogP contribution is 2.21. The van der Waals surface area contributed by atoms with Crippen molar-refractivity contribution in [3.63, 3.8) is 0 Å². The molecule has 2 heterocycles. The number of ether oxygens (including phenoxy) is 1. The monoisotopic (exact) mass is 430 g/mol. The molecule has 0 amide bonds. The van der Waals surface area contributed by atoms with Crippen LogP contribution < -0.4 is 0 Å². The number of hydrogen-bond acceptors (Lipinski definition) is 4. The highest BCUT2D eigenvalue weighted by atomic mass is 79.9. The first kappa shape index (κ1) is 20.9. The molecule has 0 saturated carbocycles. The predicted octanol–water partition coefficient (Wildman–Crippen LogP) is 4.87. The van der Waals surface area contributed by atoms with Crippen LogP contribution in [0.2, 0.25) is 0 Å². The summed E-state index contributed by atoms with van der Waals surface area (Å²) in [6.07, 6.45) is -3.88. The van der Waals surface area contributed by atoms with Crippen LogP contribution in [0.4, 0.5) is 26.3 Å². The maximum absolute atomic E-state index is 12.8. The number of aromatic nitrogens is 2. The minimum atomic E-state index is -3.00. The summed E-state index contributed by atoms with van der Waals surface area (Å²) in [6.45, 7) is 0. The molecule has 0 fully saturated rings. The topological polar surface area (TPSA) is 52.1 Å². The molecule has 2 aromatic heterocycles. The number of alkyl halides is 4. The average Bonchev–Trinajstić information content (AvgIpc) is 2.53. The Labute approximate surface area is 146 Å². The maximum Gasteiger partial charge on any atom is 0.339 e. The summed E-state index contributed by atoms with van der Waals surface area (Å²) in [5.41, 5.74) is -1.99. The number of pyridine rings is 2. The summed E-state index contributed by atoms with van der Waals surface area (Å²) in [6, 6.07) is 1.62. The number of esters is 1. The van der Waals surface area contributed by atoms with Gasteiger partial charge in [0, 0.05) is 16.9 Å². The molecule has 0 N–H and O–H groups in total. The molecule has 0 aromatic carbocycles. The maximum atomic E-state index is 12.8. The van der Waals surface area contributed by atoms with Crippen LogP contribution in [0.5, 0.6) is 0 Å². The summed E-state index contributed by atoms with van der Waals surface area (Å²) in [7, 11) is 1.10. The minimum absolute atomic E-state index is 0.200. The molecule has 4 nitrogen and oxygen atoms in total. The molecule has 0 saturated heterocycles. The van der Waals surface area contributed by atoms with E-state index in [0.29, 0.717) is 10.5 Å². The smallest absolute Gasteiger partial charge is 0.339 e. The first-order valence-corrected chi connectivity index (χ1v) is 7.07. The van der Waals surface area contributed by atoms with Gasteiger partial charge in [0.15, 0.2) is 11.6 Å². The minimum Gasteiger partial charge on any atom is -0.465 e. The van der Waals surface area contributed by atoms with Crippen LogP contribution in [-0.2, 0) is 4.74 Å². The molecule has 0 aliphatic carbocycles. The Bertz CT molecular complexity index is 745. The van der Waals surface area contributed by atoms with Gasteiger partial charge in [-0.2, -0.15) is 0 Å². The summed E-state index contributed by atoms with van der Waals surface area (Å²) >= 11 is 2.90. The number of carbonyl (C=O) groups is 1. The number of rotatable bonds is 3. The van der Waals surface area contributed by atoms with Gasteiger partial charge in [-0.25, -0.2) is 31.1 Å².